The van der Waals surface area contributed by atoms with Crippen molar-refractivity contribution in [2.45, 2.75) is 25.1 Å². The zero-order valence-corrected chi connectivity index (χ0v) is 15.2. The summed E-state index contributed by atoms with van der Waals surface area (Å²) in [6.45, 7) is 5.98. The standard InChI is InChI=1S/C16H17N5OS2/c1-10-4-5-11(2)13(6-10)21-14(7-12(3)20-21)18-15(22)8-23-16-19-17-9-24-16/h4-7,9H,8H2,1-3H3,(H,18,22). The van der Waals surface area contributed by atoms with Crippen molar-refractivity contribution >= 4 is 34.8 Å². The molecule has 1 aromatic carbocycles. The van der Waals surface area contributed by atoms with E-state index in [1.165, 1.54) is 23.1 Å². The number of aromatic nitrogens is 4. The summed E-state index contributed by atoms with van der Waals surface area (Å²) in [7, 11) is 0. The number of rotatable bonds is 5. The van der Waals surface area contributed by atoms with Crippen molar-refractivity contribution in [2.75, 3.05) is 11.1 Å². The molecule has 2 heterocycles. The van der Waals surface area contributed by atoms with E-state index in [0.29, 0.717) is 5.82 Å². The van der Waals surface area contributed by atoms with Crippen LogP contribution in [-0.4, -0.2) is 31.6 Å². The largest absolute Gasteiger partial charge is 0.310 e. The van der Waals surface area contributed by atoms with Crippen molar-refractivity contribution in [3.8, 4) is 5.69 Å². The van der Waals surface area contributed by atoms with Gasteiger partial charge in [0.2, 0.25) is 5.91 Å². The van der Waals surface area contributed by atoms with Crippen LogP contribution in [0.25, 0.3) is 5.69 Å². The van der Waals surface area contributed by atoms with Crippen LogP contribution in [0.4, 0.5) is 5.82 Å². The maximum Gasteiger partial charge on any atom is 0.235 e. The fourth-order valence-corrected chi connectivity index (χ4v) is 3.54. The Labute approximate surface area is 148 Å². The van der Waals surface area contributed by atoms with Crippen LogP contribution in [-0.2, 0) is 4.79 Å². The fourth-order valence-electron chi connectivity index (χ4n) is 2.25. The van der Waals surface area contributed by atoms with Crippen molar-refractivity contribution in [2.24, 2.45) is 0 Å². The molecule has 8 heteroatoms. The van der Waals surface area contributed by atoms with E-state index in [-0.39, 0.29) is 11.7 Å². The topological polar surface area (TPSA) is 72.7 Å². The first-order valence-electron chi connectivity index (χ1n) is 7.36. The summed E-state index contributed by atoms with van der Waals surface area (Å²) in [5.74, 6) is 0.859. The number of carbonyl (C=O) groups is 1. The molecule has 2 aromatic heterocycles. The molecule has 0 aliphatic rings. The summed E-state index contributed by atoms with van der Waals surface area (Å²) in [6.07, 6.45) is 0. The van der Waals surface area contributed by atoms with E-state index in [0.717, 1.165) is 26.8 Å². The molecule has 24 heavy (non-hydrogen) atoms. The second-order valence-electron chi connectivity index (χ2n) is 5.41. The first kappa shape index (κ1) is 16.7. The molecule has 6 nitrogen and oxygen atoms in total. The van der Waals surface area contributed by atoms with E-state index in [2.05, 4.69) is 38.8 Å². The molecule has 0 saturated carbocycles. The Kier molecular flexibility index (Phi) is 4.96. The Morgan fingerprint density at radius 1 is 1.29 bits per heavy atom. The minimum atomic E-state index is -0.0957. The van der Waals surface area contributed by atoms with Crippen LogP contribution in [0.3, 0.4) is 0 Å². The monoisotopic (exact) mass is 359 g/mol. The van der Waals surface area contributed by atoms with Crippen molar-refractivity contribution in [3.63, 3.8) is 0 Å². The molecular formula is C16H17N5OS2. The van der Waals surface area contributed by atoms with Gasteiger partial charge in [-0.15, -0.1) is 10.2 Å². The number of anilines is 1. The van der Waals surface area contributed by atoms with Crippen LogP contribution in [0.15, 0.2) is 34.1 Å². The van der Waals surface area contributed by atoms with E-state index in [4.69, 9.17) is 0 Å². The molecule has 0 spiro atoms. The number of nitrogens with zero attached hydrogens (tertiary/aromatic N) is 4. The molecule has 3 rings (SSSR count). The quantitative estimate of drug-likeness (QED) is 0.707. The number of carbonyl (C=O) groups excluding carboxylic acids is 1. The number of nitrogens with one attached hydrogen (secondary N) is 1. The zero-order chi connectivity index (χ0) is 17.1. The van der Waals surface area contributed by atoms with E-state index >= 15 is 0 Å². The molecular weight excluding hydrogens is 342 g/mol. The average Bonchev–Trinajstić information content (AvgIpc) is 3.17. The fraction of sp³-hybridized carbons (Fsp3) is 0.250. The molecule has 1 amide bonds. The van der Waals surface area contributed by atoms with Gasteiger partial charge in [0.15, 0.2) is 4.34 Å². The molecule has 1 N–H and O–H groups in total. The number of hydrogen-bond donors (Lipinski definition) is 1. The van der Waals surface area contributed by atoms with Gasteiger partial charge in [-0.05, 0) is 38.0 Å². The first-order valence-corrected chi connectivity index (χ1v) is 9.22. The van der Waals surface area contributed by atoms with Crippen LogP contribution in [0, 0.1) is 20.8 Å². The maximum atomic E-state index is 12.2. The molecule has 0 aliphatic heterocycles. The molecule has 0 fully saturated rings. The van der Waals surface area contributed by atoms with Crippen molar-refractivity contribution < 1.29 is 4.79 Å². The first-order chi connectivity index (χ1) is 11.5. The normalized spacial score (nSPS) is 10.8. The minimum Gasteiger partial charge on any atom is -0.310 e. The van der Waals surface area contributed by atoms with E-state index in [1.807, 2.05) is 26.8 Å². The van der Waals surface area contributed by atoms with E-state index < -0.39 is 0 Å². The second kappa shape index (κ2) is 7.14. The molecule has 0 atom stereocenters. The van der Waals surface area contributed by atoms with Crippen molar-refractivity contribution in [3.05, 3.63) is 46.6 Å². The molecule has 0 radical (unpaired) electrons. The number of benzene rings is 1. The van der Waals surface area contributed by atoms with Crippen LogP contribution < -0.4 is 5.32 Å². The summed E-state index contributed by atoms with van der Waals surface area (Å²) in [5.41, 5.74) is 5.72. The minimum absolute atomic E-state index is 0.0957. The van der Waals surface area contributed by atoms with Gasteiger partial charge in [-0.3, -0.25) is 4.79 Å². The van der Waals surface area contributed by atoms with Gasteiger partial charge in [-0.25, -0.2) is 4.68 Å². The Hall–Kier alpha value is -2.19. The van der Waals surface area contributed by atoms with Gasteiger partial charge < -0.3 is 5.32 Å². The molecule has 0 bridgehead atoms. The van der Waals surface area contributed by atoms with Gasteiger partial charge in [0.05, 0.1) is 17.1 Å². The SMILES string of the molecule is Cc1ccc(C)c(-n2nc(C)cc2NC(=O)CSc2nncs2)c1. The van der Waals surface area contributed by atoms with Crippen LogP contribution in [0.2, 0.25) is 0 Å². The third-order valence-corrected chi connectivity index (χ3v) is 5.22. The maximum absolute atomic E-state index is 12.2. The average molecular weight is 359 g/mol. The summed E-state index contributed by atoms with van der Waals surface area (Å²) < 4.78 is 2.56. The lowest BCUT2D eigenvalue weighted by atomic mass is 10.1. The predicted octanol–water partition coefficient (Wildman–Crippen LogP) is 3.38. The van der Waals surface area contributed by atoms with Crippen molar-refractivity contribution in [1.82, 2.24) is 20.0 Å². The zero-order valence-electron chi connectivity index (χ0n) is 13.6. The number of aryl methyl sites for hydroxylation is 3. The molecule has 0 unspecified atom stereocenters. The Morgan fingerprint density at radius 3 is 2.88 bits per heavy atom. The smallest absolute Gasteiger partial charge is 0.235 e. The van der Waals surface area contributed by atoms with Gasteiger partial charge in [-0.1, -0.05) is 35.2 Å². The number of thioether (sulfide) groups is 1. The Balaban J connectivity index is 1.79. The van der Waals surface area contributed by atoms with Crippen LogP contribution in [0.1, 0.15) is 16.8 Å². The van der Waals surface area contributed by atoms with Gasteiger partial charge in [0, 0.05) is 6.07 Å². The molecule has 0 aliphatic carbocycles. The highest BCUT2D eigenvalue weighted by Crippen LogP contribution is 2.23. The van der Waals surface area contributed by atoms with Crippen molar-refractivity contribution in [1.29, 1.82) is 0 Å². The lowest BCUT2D eigenvalue weighted by molar-refractivity contribution is -0.113. The highest BCUT2D eigenvalue weighted by atomic mass is 32.2. The van der Waals surface area contributed by atoms with Crippen LogP contribution in [0.5, 0.6) is 0 Å². The third-order valence-electron chi connectivity index (χ3n) is 3.36. The number of amides is 1. The highest BCUT2D eigenvalue weighted by molar-refractivity contribution is 8.01. The summed E-state index contributed by atoms with van der Waals surface area (Å²) in [4.78, 5) is 12.2. The molecule has 3 aromatic rings. The second-order valence-corrected chi connectivity index (χ2v) is 7.47. The molecule has 124 valence electrons. The summed E-state index contributed by atoms with van der Waals surface area (Å²) in [5, 5.41) is 15.1. The van der Waals surface area contributed by atoms with Gasteiger partial charge in [0.25, 0.3) is 0 Å². The van der Waals surface area contributed by atoms with Gasteiger partial charge in [-0.2, -0.15) is 5.10 Å². The lowest BCUT2D eigenvalue weighted by Gasteiger charge is -2.11. The van der Waals surface area contributed by atoms with E-state index in [1.54, 1.807) is 10.2 Å². The van der Waals surface area contributed by atoms with Gasteiger partial charge >= 0.3 is 0 Å². The Bertz CT molecular complexity index is 857. The number of hydrogen-bond acceptors (Lipinski definition) is 6. The Morgan fingerprint density at radius 2 is 2.12 bits per heavy atom. The third kappa shape index (κ3) is 3.82. The summed E-state index contributed by atoms with van der Waals surface area (Å²) in [6, 6.07) is 8.05. The lowest BCUT2D eigenvalue weighted by Crippen LogP contribution is -2.17. The predicted molar refractivity (Wildman–Crippen MR) is 97.0 cm³/mol. The van der Waals surface area contributed by atoms with E-state index in [9.17, 15) is 4.79 Å². The van der Waals surface area contributed by atoms with Gasteiger partial charge in [0.1, 0.15) is 11.3 Å². The van der Waals surface area contributed by atoms with Crippen LogP contribution >= 0.6 is 23.1 Å². The molecule has 0 saturated heterocycles. The summed E-state index contributed by atoms with van der Waals surface area (Å²) >= 11 is 2.79. The highest BCUT2D eigenvalue weighted by Gasteiger charge is 2.13.